The van der Waals surface area contributed by atoms with Gasteiger partial charge in [0.2, 0.25) is 0 Å². The zero-order valence-electron chi connectivity index (χ0n) is 12.0. The predicted molar refractivity (Wildman–Crippen MR) is 82.1 cm³/mol. The van der Waals surface area contributed by atoms with E-state index >= 15 is 0 Å². The molecule has 0 saturated carbocycles. The monoisotopic (exact) mass is 304 g/mol. The fourth-order valence-corrected chi connectivity index (χ4v) is 3.98. The van der Waals surface area contributed by atoms with Crippen molar-refractivity contribution in [1.82, 2.24) is 15.1 Å². The minimum atomic E-state index is 0.108. The normalized spacial score (nSPS) is 21.1. The number of likely N-dealkylation sites (tertiary alicyclic amines) is 1. The molecule has 0 atom stereocenters. The van der Waals surface area contributed by atoms with Gasteiger partial charge in [-0.3, -0.25) is 4.90 Å². The van der Waals surface area contributed by atoms with Gasteiger partial charge in [0.1, 0.15) is 6.07 Å². The van der Waals surface area contributed by atoms with Gasteiger partial charge in [-0.05, 0) is 25.3 Å². The van der Waals surface area contributed by atoms with Gasteiger partial charge in [0.05, 0.1) is 5.56 Å². The Kier molecular flexibility index (Phi) is 4.42. The number of carbonyl (C=O) groups is 1. The van der Waals surface area contributed by atoms with Crippen molar-refractivity contribution in [2.75, 3.05) is 26.2 Å². The molecule has 1 aromatic heterocycles. The number of hydrogen-bond donors (Lipinski definition) is 1. The van der Waals surface area contributed by atoms with Crippen molar-refractivity contribution in [1.29, 1.82) is 5.26 Å². The Labute approximate surface area is 129 Å². The molecule has 112 valence electrons. The van der Waals surface area contributed by atoms with Gasteiger partial charge in [-0.1, -0.05) is 0 Å². The molecule has 21 heavy (non-hydrogen) atoms. The quantitative estimate of drug-likeness (QED) is 0.929. The zero-order valence-corrected chi connectivity index (χ0v) is 12.9. The average molecular weight is 304 g/mol. The van der Waals surface area contributed by atoms with Crippen molar-refractivity contribution in [3.05, 3.63) is 21.9 Å². The lowest BCUT2D eigenvalue weighted by atomic mass is 10.0. The molecule has 3 rings (SSSR count). The molecule has 2 amide bonds. The van der Waals surface area contributed by atoms with E-state index in [1.54, 1.807) is 11.3 Å². The van der Waals surface area contributed by atoms with E-state index in [4.69, 9.17) is 5.26 Å². The lowest BCUT2D eigenvalue weighted by Crippen LogP contribution is -2.54. The molecule has 5 nitrogen and oxygen atoms in total. The number of carbonyl (C=O) groups excluding carboxylic acids is 1. The van der Waals surface area contributed by atoms with Gasteiger partial charge >= 0.3 is 6.03 Å². The van der Waals surface area contributed by atoms with E-state index in [1.807, 2.05) is 16.3 Å². The molecule has 6 heteroatoms. The summed E-state index contributed by atoms with van der Waals surface area (Å²) in [6, 6.07) is 4.66. The molecule has 2 aliphatic rings. The fourth-order valence-electron chi connectivity index (χ4n) is 3.13. The standard InChI is InChI=1S/C15H20N4OS/c16-9-12-8-14(21-11-12)10-18-6-2-13(3-7-18)19-5-1-4-17-15(19)20/h8,11,13H,1-7,10H2,(H,17,20). The maximum atomic E-state index is 11.9. The Balaban J connectivity index is 1.50. The summed E-state index contributed by atoms with van der Waals surface area (Å²) >= 11 is 1.66. The summed E-state index contributed by atoms with van der Waals surface area (Å²) in [5.74, 6) is 0. The van der Waals surface area contributed by atoms with Crippen LogP contribution in [0.15, 0.2) is 11.4 Å². The van der Waals surface area contributed by atoms with Crippen LogP contribution in [0.2, 0.25) is 0 Å². The second kappa shape index (κ2) is 6.46. The summed E-state index contributed by atoms with van der Waals surface area (Å²) in [6.45, 7) is 4.68. The first-order chi connectivity index (χ1) is 10.3. The topological polar surface area (TPSA) is 59.4 Å². The molecule has 0 aliphatic carbocycles. The number of amides is 2. The first-order valence-electron chi connectivity index (χ1n) is 7.50. The van der Waals surface area contributed by atoms with Crippen LogP contribution in [0.1, 0.15) is 29.7 Å². The molecule has 2 aliphatic heterocycles. The van der Waals surface area contributed by atoms with Crippen molar-refractivity contribution in [3.8, 4) is 6.07 Å². The highest BCUT2D eigenvalue weighted by Crippen LogP contribution is 2.22. The van der Waals surface area contributed by atoms with Crippen LogP contribution in [0.4, 0.5) is 4.79 Å². The summed E-state index contributed by atoms with van der Waals surface area (Å²) in [7, 11) is 0. The third-order valence-electron chi connectivity index (χ3n) is 4.27. The molecule has 0 spiro atoms. The highest BCUT2D eigenvalue weighted by molar-refractivity contribution is 7.10. The van der Waals surface area contributed by atoms with Crippen LogP contribution in [0.25, 0.3) is 0 Å². The zero-order chi connectivity index (χ0) is 14.7. The Bertz CT molecular complexity index is 542. The lowest BCUT2D eigenvalue weighted by Gasteiger charge is -2.40. The highest BCUT2D eigenvalue weighted by atomic mass is 32.1. The van der Waals surface area contributed by atoms with Crippen LogP contribution in [-0.4, -0.2) is 48.1 Å². The number of hydrogen-bond acceptors (Lipinski definition) is 4. The number of nitrogens with zero attached hydrogens (tertiary/aromatic N) is 3. The van der Waals surface area contributed by atoms with Gasteiger partial charge in [0, 0.05) is 49.0 Å². The maximum absolute atomic E-state index is 11.9. The van der Waals surface area contributed by atoms with Crippen LogP contribution in [0.3, 0.4) is 0 Å². The van der Waals surface area contributed by atoms with E-state index in [1.165, 1.54) is 4.88 Å². The minimum absolute atomic E-state index is 0.108. The Hall–Kier alpha value is -1.58. The van der Waals surface area contributed by atoms with E-state index < -0.39 is 0 Å². The van der Waals surface area contributed by atoms with Crippen molar-refractivity contribution < 1.29 is 4.79 Å². The number of nitriles is 1. The highest BCUT2D eigenvalue weighted by Gasteiger charge is 2.29. The van der Waals surface area contributed by atoms with Gasteiger partial charge in [0.25, 0.3) is 0 Å². The maximum Gasteiger partial charge on any atom is 0.317 e. The minimum Gasteiger partial charge on any atom is -0.338 e. The summed E-state index contributed by atoms with van der Waals surface area (Å²) < 4.78 is 0. The van der Waals surface area contributed by atoms with Crippen LogP contribution >= 0.6 is 11.3 Å². The predicted octanol–water partition coefficient (Wildman–Crippen LogP) is 2.00. The van der Waals surface area contributed by atoms with Crippen molar-refractivity contribution in [3.63, 3.8) is 0 Å². The average Bonchev–Trinajstić information content (AvgIpc) is 2.96. The molecule has 0 radical (unpaired) electrons. The number of thiophene rings is 1. The first-order valence-corrected chi connectivity index (χ1v) is 8.38. The molecule has 0 aromatic carbocycles. The van der Waals surface area contributed by atoms with Gasteiger partial charge in [-0.15, -0.1) is 11.3 Å². The third kappa shape index (κ3) is 3.36. The van der Waals surface area contributed by atoms with Gasteiger partial charge in [0.15, 0.2) is 0 Å². The molecule has 3 heterocycles. The Morgan fingerprint density at radius 2 is 2.19 bits per heavy atom. The van der Waals surface area contributed by atoms with E-state index in [0.717, 1.165) is 57.5 Å². The van der Waals surface area contributed by atoms with Crippen LogP contribution in [0, 0.1) is 11.3 Å². The SMILES string of the molecule is N#Cc1csc(CN2CCC(N3CCCNC3=O)CC2)c1. The summed E-state index contributed by atoms with van der Waals surface area (Å²) in [5, 5.41) is 13.7. The number of rotatable bonds is 3. The summed E-state index contributed by atoms with van der Waals surface area (Å²) in [4.78, 5) is 17.6. The van der Waals surface area contributed by atoms with Crippen LogP contribution in [0.5, 0.6) is 0 Å². The van der Waals surface area contributed by atoms with E-state index in [-0.39, 0.29) is 6.03 Å². The molecule has 1 N–H and O–H groups in total. The summed E-state index contributed by atoms with van der Waals surface area (Å²) in [5.41, 5.74) is 0.759. The van der Waals surface area contributed by atoms with Gasteiger partial charge in [-0.25, -0.2) is 4.79 Å². The molecule has 2 fully saturated rings. The largest absolute Gasteiger partial charge is 0.338 e. The molecule has 0 bridgehead atoms. The van der Waals surface area contributed by atoms with E-state index in [2.05, 4.69) is 16.3 Å². The lowest BCUT2D eigenvalue weighted by molar-refractivity contribution is 0.109. The third-order valence-corrected chi connectivity index (χ3v) is 5.19. The van der Waals surface area contributed by atoms with Crippen LogP contribution in [-0.2, 0) is 6.54 Å². The number of piperidine rings is 1. The second-order valence-corrected chi connectivity index (χ2v) is 6.70. The number of nitrogens with one attached hydrogen (secondary N) is 1. The summed E-state index contributed by atoms with van der Waals surface area (Å²) in [6.07, 6.45) is 3.14. The smallest absolute Gasteiger partial charge is 0.317 e. The van der Waals surface area contributed by atoms with Crippen molar-refractivity contribution in [2.24, 2.45) is 0 Å². The molecule has 0 unspecified atom stereocenters. The molecule has 1 aromatic rings. The van der Waals surface area contributed by atoms with Gasteiger partial charge < -0.3 is 10.2 Å². The molecule has 2 saturated heterocycles. The second-order valence-electron chi connectivity index (χ2n) is 5.70. The molecular formula is C15H20N4OS. The fraction of sp³-hybridized carbons (Fsp3) is 0.600. The Morgan fingerprint density at radius 3 is 2.86 bits per heavy atom. The first kappa shape index (κ1) is 14.4. The Morgan fingerprint density at radius 1 is 1.38 bits per heavy atom. The van der Waals surface area contributed by atoms with E-state index in [0.29, 0.717) is 6.04 Å². The van der Waals surface area contributed by atoms with Gasteiger partial charge in [-0.2, -0.15) is 5.26 Å². The van der Waals surface area contributed by atoms with Crippen molar-refractivity contribution >= 4 is 17.4 Å². The number of urea groups is 1. The van der Waals surface area contributed by atoms with E-state index in [9.17, 15) is 4.79 Å². The van der Waals surface area contributed by atoms with Crippen LogP contribution < -0.4 is 5.32 Å². The van der Waals surface area contributed by atoms with Crippen molar-refractivity contribution in [2.45, 2.75) is 31.8 Å². The molecular weight excluding hydrogens is 284 g/mol.